The molecule has 0 aromatic heterocycles. The normalized spacial score (nSPS) is 17.3. The fourth-order valence-electron chi connectivity index (χ4n) is 2.15. The summed E-state index contributed by atoms with van der Waals surface area (Å²) in [4.78, 5) is 23.7. The highest BCUT2D eigenvalue weighted by molar-refractivity contribution is 6.07. The van der Waals surface area contributed by atoms with E-state index in [9.17, 15) is 9.59 Å². The first-order valence-corrected chi connectivity index (χ1v) is 5.70. The molecule has 2 rings (SSSR count). The Morgan fingerprint density at radius 2 is 1.65 bits per heavy atom. The van der Waals surface area contributed by atoms with E-state index in [2.05, 4.69) is 4.74 Å². The van der Waals surface area contributed by atoms with Gasteiger partial charge in [0.15, 0.2) is 17.6 Å². The third kappa shape index (κ3) is 1.96. The SMILES string of the molecule is COc1cc(OC)c2c(c1OC)C(=O)OC(=O)C2OC. The molecule has 1 aromatic carbocycles. The third-order valence-electron chi connectivity index (χ3n) is 3.00. The van der Waals surface area contributed by atoms with Crippen LogP contribution in [0.3, 0.4) is 0 Å². The van der Waals surface area contributed by atoms with E-state index in [0.717, 1.165) is 0 Å². The summed E-state index contributed by atoms with van der Waals surface area (Å²) in [6, 6.07) is 1.52. The van der Waals surface area contributed by atoms with Crippen LogP contribution in [0.2, 0.25) is 0 Å². The molecule has 0 fully saturated rings. The zero-order chi connectivity index (χ0) is 14.9. The van der Waals surface area contributed by atoms with Crippen molar-refractivity contribution in [3.8, 4) is 17.2 Å². The number of esters is 2. The second kappa shape index (κ2) is 5.38. The molecule has 0 spiro atoms. The average molecular weight is 282 g/mol. The number of carbonyl (C=O) groups excluding carboxylic acids is 2. The lowest BCUT2D eigenvalue weighted by atomic mass is 9.97. The predicted molar refractivity (Wildman–Crippen MR) is 66.3 cm³/mol. The Morgan fingerprint density at radius 3 is 2.15 bits per heavy atom. The van der Waals surface area contributed by atoms with Crippen molar-refractivity contribution in [2.24, 2.45) is 0 Å². The summed E-state index contributed by atoms with van der Waals surface area (Å²) in [6.07, 6.45) is -1.06. The van der Waals surface area contributed by atoms with Crippen LogP contribution in [0.15, 0.2) is 6.07 Å². The minimum Gasteiger partial charge on any atom is -0.496 e. The number of carbonyl (C=O) groups is 2. The van der Waals surface area contributed by atoms with E-state index in [-0.39, 0.29) is 22.6 Å². The molecule has 0 radical (unpaired) electrons. The zero-order valence-corrected chi connectivity index (χ0v) is 11.5. The van der Waals surface area contributed by atoms with Gasteiger partial charge in [-0.3, -0.25) is 0 Å². The molecular weight excluding hydrogens is 268 g/mol. The first-order valence-electron chi connectivity index (χ1n) is 5.70. The third-order valence-corrected chi connectivity index (χ3v) is 3.00. The smallest absolute Gasteiger partial charge is 0.350 e. The molecule has 1 heterocycles. The maximum absolute atomic E-state index is 12.0. The highest BCUT2D eigenvalue weighted by atomic mass is 16.6. The fourth-order valence-corrected chi connectivity index (χ4v) is 2.15. The molecule has 108 valence electrons. The van der Waals surface area contributed by atoms with Crippen LogP contribution in [-0.2, 0) is 14.3 Å². The van der Waals surface area contributed by atoms with Crippen LogP contribution in [0.5, 0.6) is 17.2 Å². The highest BCUT2D eigenvalue weighted by Gasteiger charge is 2.41. The van der Waals surface area contributed by atoms with Crippen molar-refractivity contribution in [3.05, 3.63) is 17.2 Å². The number of hydrogen-bond acceptors (Lipinski definition) is 7. The van der Waals surface area contributed by atoms with E-state index in [1.165, 1.54) is 34.5 Å². The molecule has 1 aliphatic rings. The molecule has 0 amide bonds. The lowest BCUT2D eigenvalue weighted by molar-refractivity contribution is -0.151. The lowest BCUT2D eigenvalue weighted by Crippen LogP contribution is -2.30. The zero-order valence-electron chi connectivity index (χ0n) is 11.5. The Balaban J connectivity index is 2.81. The van der Waals surface area contributed by atoms with Gasteiger partial charge < -0.3 is 23.7 Å². The van der Waals surface area contributed by atoms with Gasteiger partial charge in [-0.1, -0.05) is 0 Å². The number of benzene rings is 1. The van der Waals surface area contributed by atoms with Crippen molar-refractivity contribution in [2.45, 2.75) is 6.10 Å². The number of fused-ring (bicyclic) bond motifs is 1. The largest absolute Gasteiger partial charge is 0.496 e. The van der Waals surface area contributed by atoms with Crippen LogP contribution in [0, 0.1) is 0 Å². The van der Waals surface area contributed by atoms with E-state index < -0.39 is 18.0 Å². The van der Waals surface area contributed by atoms with Crippen LogP contribution < -0.4 is 14.2 Å². The van der Waals surface area contributed by atoms with Crippen LogP contribution in [-0.4, -0.2) is 40.4 Å². The van der Waals surface area contributed by atoms with Gasteiger partial charge in [0.1, 0.15) is 11.3 Å². The minimum atomic E-state index is -1.06. The Bertz CT molecular complexity index is 564. The molecule has 7 heteroatoms. The molecule has 1 aromatic rings. The Kier molecular flexibility index (Phi) is 3.80. The van der Waals surface area contributed by atoms with Crippen molar-refractivity contribution in [2.75, 3.05) is 28.4 Å². The van der Waals surface area contributed by atoms with Gasteiger partial charge in [0.25, 0.3) is 0 Å². The molecule has 0 bridgehead atoms. The van der Waals surface area contributed by atoms with Crippen LogP contribution in [0.25, 0.3) is 0 Å². The van der Waals surface area contributed by atoms with E-state index in [0.29, 0.717) is 5.75 Å². The quantitative estimate of drug-likeness (QED) is 0.604. The van der Waals surface area contributed by atoms with E-state index in [1.54, 1.807) is 0 Å². The van der Waals surface area contributed by atoms with E-state index >= 15 is 0 Å². The molecule has 20 heavy (non-hydrogen) atoms. The summed E-state index contributed by atoms with van der Waals surface area (Å²) >= 11 is 0. The monoisotopic (exact) mass is 282 g/mol. The molecule has 0 N–H and O–H groups in total. The molecule has 1 aliphatic heterocycles. The number of rotatable bonds is 4. The lowest BCUT2D eigenvalue weighted by Gasteiger charge is -2.26. The maximum atomic E-state index is 12.0. The van der Waals surface area contributed by atoms with Crippen LogP contribution >= 0.6 is 0 Å². The van der Waals surface area contributed by atoms with Gasteiger partial charge in [-0.25, -0.2) is 9.59 Å². The van der Waals surface area contributed by atoms with Gasteiger partial charge in [-0.05, 0) is 0 Å². The number of hydrogen-bond donors (Lipinski definition) is 0. The average Bonchev–Trinajstić information content (AvgIpc) is 2.45. The summed E-state index contributed by atoms with van der Waals surface area (Å²) in [6.45, 7) is 0. The van der Waals surface area contributed by atoms with Gasteiger partial charge in [0.05, 0.1) is 26.9 Å². The Morgan fingerprint density at radius 1 is 1.00 bits per heavy atom. The fraction of sp³-hybridized carbons (Fsp3) is 0.385. The molecular formula is C13H14O7. The van der Waals surface area contributed by atoms with Gasteiger partial charge in [-0.15, -0.1) is 0 Å². The van der Waals surface area contributed by atoms with Gasteiger partial charge >= 0.3 is 11.9 Å². The van der Waals surface area contributed by atoms with Crippen molar-refractivity contribution in [1.29, 1.82) is 0 Å². The second-order valence-electron chi connectivity index (χ2n) is 3.93. The summed E-state index contributed by atoms with van der Waals surface area (Å²) < 4.78 is 25.3. The van der Waals surface area contributed by atoms with Crippen LogP contribution in [0.1, 0.15) is 22.0 Å². The Hall–Kier alpha value is -2.28. The number of ether oxygens (including phenoxy) is 5. The maximum Gasteiger partial charge on any atom is 0.350 e. The number of methoxy groups -OCH3 is 4. The second-order valence-corrected chi connectivity index (χ2v) is 3.93. The standard InChI is InChI=1S/C13H14O7/c1-16-6-5-7(17-2)10(18-3)9-8(6)11(19-4)13(15)20-12(9)14/h5,11H,1-4H3. The van der Waals surface area contributed by atoms with Crippen molar-refractivity contribution >= 4 is 11.9 Å². The van der Waals surface area contributed by atoms with Crippen molar-refractivity contribution < 1.29 is 33.3 Å². The first-order chi connectivity index (χ1) is 9.58. The topological polar surface area (TPSA) is 80.3 Å². The van der Waals surface area contributed by atoms with Gasteiger partial charge in [-0.2, -0.15) is 0 Å². The molecule has 0 saturated heterocycles. The summed E-state index contributed by atoms with van der Waals surface area (Å²) in [5.41, 5.74) is 0.337. The molecule has 7 nitrogen and oxygen atoms in total. The van der Waals surface area contributed by atoms with E-state index in [1.807, 2.05) is 0 Å². The predicted octanol–water partition coefficient (Wildman–Crippen LogP) is 1.10. The molecule has 0 saturated carbocycles. The van der Waals surface area contributed by atoms with E-state index in [4.69, 9.17) is 18.9 Å². The van der Waals surface area contributed by atoms with Gasteiger partial charge in [0, 0.05) is 13.2 Å². The summed E-state index contributed by atoms with van der Waals surface area (Å²) in [5, 5.41) is 0. The summed E-state index contributed by atoms with van der Waals surface area (Å²) in [5.74, 6) is -0.871. The summed E-state index contributed by atoms with van der Waals surface area (Å²) in [7, 11) is 5.56. The molecule has 1 unspecified atom stereocenters. The van der Waals surface area contributed by atoms with Crippen molar-refractivity contribution in [3.63, 3.8) is 0 Å². The minimum absolute atomic E-state index is 0.0650. The Labute approximate surface area is 115 Å². The van der Waals surface area contributed by atoms with Crippen LogP contribution in [0.4, 0.5) is 0 Å². The highest BCUT2D eigenvalue weighted by Crippen LogP contribution is 2.45. The molecule has 0 aliphatic carbocycles. The van der Waals surface area contributed by atoms with Crippen molar-refractivity contribution in [1.82, 2.24) is 0 Å². The van der Waals surface area contributed by atoms with Gasteiger partial charge in [0.2, 0.25) is 0 Å². The first kappa shape index (κ1) is 14.1. The number of cyclic esters (lactones) is 2. The molecule has 1 atom stereocenters.